The van der Waals surface area contributed by atoms with E-state index in [-0.39, 0.29) is 5.82 Å². The van der Waals surface area contributed by atoms with E-state index in [4.69, 9.17) is 5.73 Å². The Bertz CT molecular complexity index is 440. The molecule has 2 N–H and O–H groups in total. The predicted octanol–water partition coefficient (Wildman–Crippen LogP) is 2.33. The molecule has 0 unspecified atom stereocenters. The Kier molecular flexibility index (Phi) is 3.08. The van der Waals surface area contributed by atoms with Gasteiger partial charge in [-0.3, -0.25) is 0 Å². The monoisotopic (exact) mass is 222 g/mol. The number of hydrogen-bond acceptors (Lipinski definition) is 3. The summed E-state index contributed by atoms with van der Waals surface area (Å²) < 4.78 is 13.4. The fraction of sp³-hybridized carbons (Fsp3) is 0.182. The van der Waals surface area contributed by atoms with Crippen molar-refractivity contribution in [1.82, 2.24) is 4.98 Å². The summed E-state index contributed by atoms with van der Waals surface area (Å²) in [6.45, 7) is 0.436. The molecule has 1 heterocycles. The third-order valence-corrected chi connectivity index (χ3v) is 2.95. The minimum absolute atomic E-state index is 0.192. The molecule has 2 aromatic rings. The van der Waals surface area contributed by atoms with Crippen LogP contribution >= 0.6 is 11.3 Å². The highest BCUT2D eigenvalue weighted by Crippen LogP contribution is 2.16. The van der Waals surface area contributed by atoms with Gasteiger partial charge >= 0.3 is 0 Å². The van der Waals surface area contributed by atoms with Gasteiger partial charge in [0.2, 0.25) is 0 Å². The van der Waals surface area contributed by atoms with Crippen molar-refractivity contribution >= 4 is 11.3 Å². The van der Waals surface area contributed by atoms with Crippen LogP contribution in [0.25, 0.3) is 0 Å². The zero-order chi connectivity index (χ0) is 10.7. The summed E-state index contributed by atoms with van der Waals surface area (Å²) in [6, 6.07) is 4.97. The summed E-state index contributed by atoms with van der Waals surface area (Å²) in [4.78, 5) is 4.13. The molecule has 0 bridgehead atoms. The van der Waals surface area contributed by atoms with E-state index in [1.54, 1.807) is 18.3 Å². The van der Waals surface area contributed by atoms with E-state index in [0.29, 0.717) is 18.5 Å². The summed E-state index contributed by atoms with van der Waals surface area (Å²) in [5, 5.41) is 2.81. The molecule has 0 radical (unpaired) electrons. The maximum atomic E-state index is 13.4. The van der Waals surface area contributed by atoms with Crippen LogP contribution in [0.5, 0.6) is 0 Å². The molecule has 0 aliphatic heterocycles. The SMILES string of the molecule is NCc1ccc(F)c(Cc2nccs2)c1. The molecule has 0 saturated heterocycles. The van der Waals surface area contributed by atoms with Gasteiger partial charge in [0.15, 0.2) is 0 Å². The number of halogens is 1. The summed E-state index contributed by atoms with van der Waals surface area (Å²) in [5.74, 6) is -0.192. The molecule has 0 atom stereocenters. The van der Waals surface area contributed by atoms with E-state index in [9.17, 15) is 4.39 Å². The molecule has 0 aliphatic carbocycles. The van der Waals surface area contributed by atoms with Crippen molar-refractivity contribution in [2.24, 2.45) is 5.73 Å². The Morgan fingerprint density at radius 1 is 1.40 bits per heavy atom. The number of benzene rings is 1. The fourth-order valence-corrected chi connectivity index (χ4v) is 2.03. The van der Waals surface area contributed by atoms with Gasteiger partial charge in [0.05, 0.1) is 5.01 Å². The third kappa shape index (κ3) is 2.40. The van der Waals surface area contributed by atoms with Gasteiger partial charge in [-0.25, -0.2) is 9.37 Å². The highest BCUT2D eigenvalue weighted by Gasteiger charge is 2.05. The first kappa shape index (κ1) is 10.3. The Morgan fingerprint density at radius 2 is 2.27 bits per heavy atom. The van der Waals surface area contributed by atoms with E-state index in [1.165, 1.54) is 17.4 Å². The lowest BCUT2D eigenvalue weighted by Gasteiger charge is -2.03. The molecule has 2 nitrogen and oxygen atoms in total. The molecule has 0 saturated carbocycles. The van der Waals surface area contributed by atoms with Crippen LogP contribution < -0.4 is 5.73 Å². The maximum Gasteiger partial charge on any atom is 0.126 e. The van der Waals surface area contributed by atoms with Crippen molar-refractivity contribution in [3.05, 3.63) is 51.7 Å². The standard InChI is InChI=1S/C11H11FN2S/c12-10-2-1-8(7-13)5-9(10)6-11-14-3-4-15-11/h1-5H,6-7,13H2. The van der Waals surface area contributed by atoms with E-state index in [2.05, 4.69) is 4.98 Å². The second-order valence-corrected chi connectivity index (χ2v) is 4.21. The normalized spacial score (nSPS) is 10.5. The van der Waals surface area contributed by atoms with Crippen molar-refractivity contribution in [3.63, 3.8) is 0 Å². The van der Waals surface area contributed by atoms with Gasteiger partial charge in [-0.2, -0.15) is 0 Å². The zero-order valence-electron chi connectivity index (χ0n) is 8.11. The number of aromatic nitrogens is 1. The topological polar surface area (TPSA) is 38.9 Å². The van der Waals surface area contributed by atoms with Crippen molar-refractivity contribution < 1.29 is 4.39 Å². The lowest BCUT2D eigenvalue weighted by atomic mass is 10.1. The van der Waals surface area contributed by atoms with E-state index in [0.717, 1.165) is 10.6 Å². The van der Waals surface area contributed by atoms with Crippen molar-refractivity contribution in [2.45, 2.75) is 13.0 Å². The Labute approximate surface area is 91.6 Å². The van der Waals surface area contributed by atoms with Gasteiger partial charge in [-0.1, -0.05) is 12.1 Å². The third-order valence-electron chi connectivity index (χ3n) is 2.17. The smallest absolute Gasteiger partial charge is 0.126 e. The molecule has 4 heteroatoms. The number of thiazole rings is 1. The van der Waals surface area contributed by atoms with Crippen molar-refractivity contribution in [2.75, 3.05) is 0 Å². The molecule has 1 aromatic carbocycles. The minimum Gasteiger partial charge on any atom is -0.326 e. The number of hydrogen-bond donors (Lipinski definition) is 1. The van der Waals surface area contributed by atoms with Crippen LogP contribution in [0.4, 0.5) is 4.39 Å². The molecule has 0 fully saturated rings. The van der Waals surface area contributed by atoms with E-state index >= 15 is 0 Å². The highest BCUT2D eigenvalue weighted by molar-refractivity contribution is 7.09. The van der Waals surface area contributed by atoms with Gasteiger partial charge in [0.25, 0.3) is 0 Å². The number of nitrogens with two attached hydrogens (primary N) is 1. The van der Waals surface area contributed by atoms with Crippen LogP contribution in [-0.2, 0) is 13.0 Å². The maximum absolute atomic E-state index is 13.4. The van der Waals surface area contributed by atoms with Gasteiger partial charge in [-0.15, -0.1) is 11.3 Å². The quantitative estimate of drug-likeness (QED) is 0.865. The van der Waals surface area contributed by atoms with Crippen LogP contribution in [0.1, 0.15) is 16.1 Å². The van der Waals surface area contributed by atoms with Crippen LogP contribution in [0, 0.1) is 5.82 Å². The summed E-state index contributed by atoms with van der Waals surface area (Å²) in [6.07, 6.45) is 2.27. The highest BCUT2D eigenvalue weighted by atomic mass is 32.1. The predicted molar refractivity (Wildman–Crippen MR) is 59.2 cm³/mol. The van der Waals surface area contributed by atoms with Gasteiger partial charge in [0.1, 0.15) is 5.82 Å². The molecular formula is C11H11FN2S. The van der Waals surface area contributed by atoms with Gasteiger partial charge < -0.3 is 5.73 Å². The van der Waals surface area contributed by atoms with Crippen molar-refractivity contribution in [1.29, 1.82) is 0 Å². The fourth-order valence-electron chi connectivity index (χ4n) is 1.39. The summed E-state index contributed by atoms with van der Waals surface area (Å²) >= 11 is 1.53. The van der Waals surface area contributed by atoms with Crippen molar-refractivity contribution in [3.8, 4) is 0 Å². The first-order chi connectivity index (χ1) is 7.29. The van der Waals surface area contributed by atoms with Crippen LogP contribution in [0.15, 0.2) is 29.8 Å². The molecule has 1 aromatic heterocycles. The molecular weight excluding hydrogens is 211 g/mol. The largest absolute Gasteiger partial charge is 0.326 e. The number of rotatable bonds is 3. The summed E-state index contributed by atoms with van der Waals surface area (Å²) in [5.41, 5.74) is 7.11. The van der Waals surface area contributed by atoms with Crippen LogP contribution in [-0.4, -0.2) is 4.98 Å². The minimum atomic E-state index is -0.192. The molecule has 2 rings (SSSR count). The molecule has 0 aliphatic rings. The molecule has 78 valence electrons. The second-order valence-electron chi connectivity index (χ2n) is 3.23. The average molecular weight is 222 g/mol. The average Bonchev–Trinajstić information content (AvgIpc) is 2.74. The Morgan fingerprint density at radius 3 is 2.93 bits per heavy atom. The zero-order valence-corrected chi connectivity index (χ0v) is 8.93. The summed E-state index contributed by atoms with van der Waals surface area (Å²) in [7, 11) is 0. The Balaban J connectivity index is 2.27. The lowest BCUT2D eigenvalue weighted by molar-refractivity contribution is 0.613. The molecule has 0 spiro atoms. The van der Waals surface area contributed by atoms with Gasteiger partial charge in [0, 0.05) is 24.5 Å². The first-order valence-electron chi connectivity index (χ1n) is 4.65. The Hall–Kier alpha value is -1.26. The lowest BCUT2D eigenvalue weighted by Crippen LogP contribution is -1.99. The molecule has 15 heavy (non-hydrogen) atoms. The van der Waals surface area contributed by atoms with E-state index in [1.807, 2.05) is 5.38 Å². The van der Waals surface area contributed by atoms with E-state index < -0.39 is 0 Å². The van der Waals surface area contributed by atoms with Crippen LogP contribution in [0.3, 0.4) is 0 Å². The molecule has 0 amide bonds. The first-order valence-corrected chi connectivity index (χ1v) is 5.53. The van der Waals surface area contributed by atoms with Crippen LogP contribution in [0.2, 0.25) is 0 Å². The van der Waals surface area contributed by atoms with Gasteiger partial charge in [-0.05, 0) is 17.2 Å². The second kappa shape index (κ2) is 4.51. The number of nitrogens with zero attached hydrogens (tertiary/aromatic N) is 1.